The molecule has 1 aromatic rings. The summed E-state index contributed by atoms with van der Waals surface area (Å²) in [7, 11) is 0. The maximum Gasteiger partial charge on any atom is 0.0778 e. The van der Waals surface area contributed by atoms with Crippen LogP contribution in [0.15, 0.2) is 16.9 Å². The van der Waals surface area contributed by atoms with E-state index in [2.05, 4.69) is 25.8 Å². The molecule has 2 fully saturated rings. The van der Waals surface area contributed by atoms with Crippen molar-refractivity contribution >= 4 is 27.3 Å². The predicted octanol–water partition coefficient (Wildman–Crippen LogP) is 3.20. The third kappa shape index (κ3) is 1.92. The molecule has 0 radical (unpaired) electrons. The van der Waals surface area contributed by atoms with Crippen molar-refractivity contribution in [1.82, 2.24) is 4.98 Å². The molecule has 0 bridgehead atoms. The first kappa shape index (κ1) is 11.3. The summed E-state index contributed by atoms with van der Waals surface area (Å²) in [5.41, 5.74) is 8.05. The Balaban J connectivity index is 1.94. The van der Waals surface area contributed by atoms with Crippen LogP contribution < -0.4 is 10.6 Å². The van der Waals surface area contributed by atoms with Crippen molar-refractivity contribution in [2.45, 2.75) is 38.1 Å². The molecule has 1 saturated carbocycles. The van der Waals surface area contributed by atoms with Crippen LogP contribution in [-0.2, 0) is 0 Å². The number of rotatable bonds is 1. The second-order valence-electron chi connectivity index (χ2n) is 5.15. The fourth-order valence-electron chi connectivity index (χ4n) is 3.43. The van der Waals surface area contributed by atoms with E-state index in [-0.39, 0.29) is 0 Å². The van der Waals surface area contributed by atoms with Gasteiger partial charge in [0.1, 0.15) is 0 Å². The number of anilines is 2. The molecule has 1 aliphatic heterocycles. The van der Waals surface area contributed by atoms with Gasteiger partial charge in [0.15, 0.2) is 0 Å². The highest BCUT2D eigenvalue weighted by molar-refractivity contribution is 9.10. The first-order valence-corrected chi connectivity index (χ1v) is 7.22. The van der Waals surface area contributed by atoms with Gasteiger partial charge >= 0.3 is 0 Å². The maximum absolute atomic E-state index is 6.09. The summed E-state index contributed by atoms with van der Waals surface area (Å²) in [4.78, 5) is 6.63. The van der Waals surface area contributed by atoms with Gasteiger partial charge in [-0.25, -0.2) is 0 Å². The van der Waals surface area contributed by atoms with E-state index >= 15 is 0 Å². The van der Waals surface area contributed by atoms with Gasteiger partial charge in [-0.2, -0.15) is 0 Å². The molecule has 92 valence electrons. The molecule has 2 N–H and O–H groups in total. The van der Waals surface area contributed by atoms with Crippen LogP contribution in [0.4, 0.5) is 11.4 Å². The number of hydrogen-bond donors (Lipinski definition) is 1. The molecule has 2 atom stereocenters. The van der Waals surface area contributed by atoms with Crippen LogP contribution in [0.5, 0.6) is 0 Å². The van der Waals surface area contributed by atoms with Gasteiger partial charge in [-0.05, 0) is 41.1 Å². The van der Waals surface area contributed by atoms with E-state index in [0.29, 0.717) is 6.04 Å². The van der Waals surface area contributed by atoms with Crippen LogP contribution in [0.2, 0.25) is 0 Å². The highest BCUT2D eigenvalue weighted by atomic mass is 79.9. The molecule has 2 unspecified atom stereocenters. The number of pyridine rings is 1. The predicted molar refractivity (Wildman–Crippen MR) is 74.1 cm³/mol. The molecule has 0 amide bonds. The van der Waals surface area contributed by atoms with E-state index < -0.39 is 0 Å². The highest BCUT2D eigenvalue weighted by Gasteiger charge is 2.37. The van der Waals surface area contributed by atoms with E-state index in [1.165, 1.54) is 32.1 Å². The van der Waals surface area contributed by atoms with Gasteiger partial charge in [0.05, 0.1) is 22.0 Å². The topological polar surface area (TPSA) is 42.1 Å². The van der Waals surface area contributed by atoms with Crippen molar-refractivity contribution in [3.05, 3.63) is 16.9 Å². The molecule has 3 nitrogen and oxygen atoms in total. The standard InChI is InChI=1S/C13H18BrN3/c14-10-7-16-8-11(15)13(10)17-6-5-9-3-1-2-4-12(9)17/h7-9,12H,1-6,15H2. The lowest BCUT2D eigenvalue weighted by molar-refractivity contribution is 0.342. The zero-order valence-electron chi connectivity index (χ0n) is 9.90. The molecule has 1 aliphatic carbocycles. The van der Waals surface area contributed by atoms with Crippen molar-refractivity contribution in [2.24, 2.45) is 5.92 Å². The second kappa shape index (κ2) is 4.48. The summed E-state index contributed by atoms with van der Waals surface area (Å²) in [5, 5.41) is 0. The number of nitrogen functional groups attached to an aromatic ring is 1. The smallest absolute Gasteiger partial charge is 0.0778 e. The molecular formula is C13H18BrN3. The van der Waals surface area contributed by atoms with Gasteiger partial charge < -0.3 is 10.6 Å². The minimum atomic E-state index is 0.699. The van der Waals surface area contributed by atoms with Crippen LogP contribution in [0.3, 0.4) is 0 Å². The van der Waals surface area contributed by atoms with E-state index in [1.54, 1.807) is 6.20 Å². The van der Waals surface area contributed by atoms with Crippen molar-refractivity contribution in [2.75, 3.05) is 17.2 Å². The van der Waals surface area contributed by atoms with Crippen molar-refractivity contribution < 1.29 is 0 Å². The first-order chi connectivity index (χ1) is 8.27. The van der Waals surface area contributed by atoms with E-state index in [1.807, 2.05) is 6.20 Å². The summed E-state index contributed by atoms with van der Waals surface area (Å²) < 4.78 is 1.03. The summed E-state index contributed by atoms with van der Waals surface area (Å²) in [6.45, 7) is 1.14. The minimum Gasteiger partial charge on any atom is -0.396 e. The van der Waals surface area contributed by atoms with Crippen LogP contribution in [-0.4, -0.2) is 17.6 Å². The largest absolute Gasteiger partial charge is 0.396 e. The molecule has 4 heteroatoms. The average Bonchev–Trinajstić information content (AvgIpc) is 2.73. The summed E-state index contributed by atoms with van der Waals surface area (Å²) in [6, 6.07) is 0.699. The minimum absolute atomic E-state index is 0.699. The molecule has 0 aromatic carbocycles. The van der Waals surface area contributed by atoms with E-state index in [4.69, 9.17) is 5.73 Å². The fraction of sp³-hybridized carbons (Fsp3) is 0.615. The lowest BCUT2D eigenvalue weighted by Crippen LogP contribution is -2.35. The SMILES string of the molecule is Nc1cncc(Br)c1N1CCC2CCCCC21. The monoisotopic (exact) mass is 295 g/mol. The zero-order valence-corrected chi connectivity index (χ0v) is 11.5. The van der Waals surface area contributed by atoms with Gasteiger partial charge in [-0.1, -0.05) is 12.8 Å². The molecule has 2 aliphatic rings. The van der Waals surface area contributed by atoms with Gasteiger partial charge in [0, 0.05) is 18.8 Å². The normalized spacial score (nSPS) is 28.2. The van der Waals surface area contributed by atoms with Crippen LogP contribution in [0.1, 0.15) is 32.1 Å². The average molecular weight is 296 g/mol. The Kier molecular flexibility index (Phi) is 2.99. The van der Waals surface area contributed by atoms with E-state index in [9.17, 15) is 0 Å². The van der Waals surface area contributed by atoms with E-state index in [0.717, 1.165) is 28.3 Å². The van der Waals surface area contributed by atoms with Gasteiger partial charge in [0.2, 0.25) is 0 Å². The Morgan fingerprint density at radius 2 is 2.06 bits per heavy atom. The summed E-state index contributed by atoms with van der Waals surface area (Å²) >= 11 is 3.59. The maximum atomic E-state index is 6.09. The highest BCUT2D eigenvalue weighted by Crippen LogP contribution is 2.42. The van der Waals surface area contributed by atoms with Crippen molar-refractivity contribution in [3.8, 4) is 0 Å². The van der Waals surface area contributed by atoms with Gasteiger partial charge in [0.25, 0.3) is 0 Å². The zero-order chi connectivity index (χ0) is 11.8. The lowest BCUT2D eigenvalue weighted by Gasteiger charge is -2.34. The molecule has 1 saturated heterocycles. The third-order valence-corrected chi connectivity index (χ3v) is 4.78. The Morgan fingerprint density at radius 1 is 1.24 bits per heavy atom. The fourth-order valence-corrected chi connectivity index (χ4v) is 4.00. The molecule has 3 rings (SSSR count). The van der Waals surface area contributed by atoms with Crippen LogP contribution in [0.25, 0.3) is 0 Å². The Labute approximate surface area is 111 Å². The lowest BCUT2D eigenvalue weighted by atomic mass is 9.85. The first-order valence-electron chi connectivity index (χ1n) is 6.43. The second-order valence-corrected chi connectivity index (χ2v) is 6.01. The quantitative estimate of drug-likeness (QED) is 0.865. The van der Waals surface area contributed by atoms with Crippen LogP contribution in [0, 0.1) is 5.92 Å². The summed E-state index contributed by atoms with van der Waals surface area (Å²) in [5.74, 6) is 0.878. The van der Waals surface area contributed by atoms with Gasteiger partial charge in [-0.15, -0.1) is 0 Å². The number of fused-ring (bicyclic) bond motifs is 1. The van der Waals surface area contributed by atoms with Gasteiger partial charge in [-0.3, -0.25) is 4.98 Å². The van der Waals surface area contributed by atoms with Crippen molar-refractivity contribution in [1.29, 1.82) is 0 Å². The Bertz CT molecular complexity index is 401. The number of aromatic nitrogens is 1. The molecule has 0 spiro atoms. The van der Waals surface area contributed by atoms with Crippen molar-refractivity contribution in [3.63, 3.8) is 0 Å². The third-order valence-electron chi connectivity index (χ3n) is 4.20. The van der Waals surface area contributed by atoms with Crippen LogP contribution >= 0.6 is 15.9 Å². The number of nitrogens with zero attached hydrogens (tertiary/aromatic N) is 2. The molecule has 17 heavy (non-hydrogen) atoms. The molecule has 2 heterocycles. The Morgan fingerprint density at radius 3 is 2.88 bits per heavy atom. The molecule has 1 aromatic heterocycles. The number of halogens is 1. The molecular weight excluding hydrogens is 278 g/mol. The Hall–Kier alpha value is -0.770. The number of hydrogen-bond acceptors (Lipinski definition) is 3. The summed E-state index contributed by atoms with van der Waals surface area (Å²) in [6.07, 6.45) is 10.4. The number of nitrogens with two attached hydrogens (primary N) is 1.